The molecule has 0 amide bonds. The molecule has 3 heterocycles. The lowest BCUT2D eigenvalue weighted by molar-refractivity contribution is 0.436. The standard InChI is InChI=1S/C68H41NO2S/c1-4-24-50-45(18-1)47-22-16-32-58(65(47)68(50)54-28-8-13-36-62(54)72-63-37-14-9-29-55(63)68)69(43-40-38-42(39-41-43)44-21-15-23-48-46-19-3-10-33-59(46)71-66(44)48)57-31-17-30-56-64(57)49-20-2-5-25-51(49)67(56)52-26-6-11-34-60(52)70-61-35-12-7-27-53(61)67/h1-41H. The van der Waals surface area contributed by atoms with Crippen LogP contribution in [-0.2, 0) is 10.8 Å². The van der Waals surface area contributed by atoms with Gasteiger partial charge in [-0.2, -0.15) is 0 Å². The molecule has 12 aromatic rings. The molecule has 2 spiro atoms. The Hall–Kier alpha value is -8.83. The summed E-state index contributed by atoms with van der Waals surface area (Å²) in [4.78, 5) is 5.13. The number of para-hydroxylation sites is 4. The monoisotopic (exact) mass is 935 g/mol. The number of fused-ring (bicyclic) bond motifs is 21. The van der Waals surface area contributed by atoms with Crippen molar-refractivity contribution >= 4 is 50.8 Å². The van der Waals surface area contributed by atoms with Crippen LogP contribution in [0.25, 0.3) is 55.3 Å². The Morgan fingerprint density at radius 2 is 0.861 bits per heavy atom. The van der Waals surface area contributed by atoms with Crippen molar-refractivity contribution in [2.45, 2.75) is 20.6 Å². The molecule has 0 bridgehead atoms. The molecule has 0 fully saturated rings. The van der Waals surface area contributed by atoms with E-state index in [0.717, 1.165) is 72.8 Å². The molecule has 4 heteroatoms. The summed E-state index contributed by atoms with van der Waals surface area (Å²) < 4.78 is 13.4. The highest BCUT2D eigenvalue weighted by Crippen LogP contribution is 2.67. The van der Waals surface area contributed by atoms with Crippen LogP contribution in [0.2, 0.25) is 0 Å². The van der Waals surface area contributed by atoms with Crippen LogP contribution in [0.15, 0.2) is 263 Å². The summed E-state index contributed by atoms with van der Waals surface area (Å²) in [6, 6.07) is 91.7. The molecule has 2 aliphatic heterocycles. The van der Waals surface area contributed by atoms with Crippen LogP contribution < -0.4 is 9.64 Å². The van der Waals surface area contributed by atoms with Crippen LogP contribution >= 0.6 is 11.8 Å². The van der Waals surface area contributed by atoms with E-state index >= 15 is 0 Å². The lowest BCUT2D eigenvalue weighted by atomic mass is 9.66. The molecular weight excluding hydrogens is 895 g/mol. The highest BCUT2D eigenvalue weighted by atomic mass is 32.2. The van der Waals surface area contributed by atoms with Gasteiger partial charge in [0.25, 0.3) is 0 Å². The minimum atomic E-state index is -0.636. The summed E-state index contributed by atoms with van der Waals surface area (Å²) in [6.07, 6.45) is 0. The highest BCUT2D eigenvalue weighted by Gasteiger charge is 2.54. The van der Waals surface area contributed by atoms with Crippen LogP contribution in [0, 0.1) is 0 Å². The molecule has 1 aromatic heterocycles. The fourth-order valence-corrected chi connectivity index (χ4v) is 14.5. The van der Waals surface area contributed by atoms with E-state index in [1.165, 1.54) is 65.4 Å². The summed E-state index contributed by atoms with van der Waals surface area (Å²) in [5.41, 5.74) is 20.9. The van der Waals surface area contributed by atoms with Gasteiger partial charge in [-0.3, -0.25) is 0 Å². The molecule has 3 nitrogen and oxygen atoms in total. The van der Waals surface area contributed by atoms with E-state index in [2.05, 4.69) is 248 Å². The average molecular weight is 936 g/mol. The fourth-order valence-electron chi connectivity index (χ4n) is 13.3. The van der Waals surface area contributed by atoms with Crippen molar-refractivity contribution in [1.82, 2.24) is 0 Å². The van der Waals surface area contributed by atoms with Gasteiger partial charge >= 0.3 is 0 Å². The van der Waals surface area contributed by atoms with Crippen LogP contribution in [0.3, 0.4) is 0 Å². The Bertz CT molecular complexity index is 4170. The van der Waals surface area contributed by atoms with E-state index in [4.69, 9.17) is 9.15 Å². The predicted octanol–water partition coefficient (Wildman–Crippen LogP) is 18.0. The second kappa shape index (κ2) is 14.8. The van der Waals surface area contributed by atoms with E-state index < -0.39 is 10.8 Å². The Kier molecular flexibility index (Phi) is 8.24. The van der Waals surface area contributed by atoms with Gasteiger partial charge in [-0.1, -0.05) is 206 Å². The number of hydrogen-bond donors (Lipinski definition) is 0. The fraction of sp³-hybridized carbons (Fsp3) is 0.0294. The maximum Gasteiger partial charge on any atom is 0.143 e. The van der Waals surface area contributed by atoms with E-state index in [1.807, 2.05) is 17.8 Å². The van der Waals surface area contributed by atoms with Crippen molar-refractivity contribution in [1.29, 1.82) is 0 Å². The second-order valence-electron chi connectivity index (χ2n) is 19.3. The third kappa shape index (κ3) is 5.11. The van der Waals surface area contributed by atoms with Crippen LogP contribution in [0.1, 0.15) is 44.5 Å². The third-order valence-electron chi connectivity index (χ3n) is 16.0. The van der Waals surface area contributed by atoms with E-state index in [1.54, 1.807) is 0 Å². The predicted molar refractivity (Wildman–Crippen MR) is 293 cm³/mol. The number of nitrogens with zero attached hydrogens (tertiary/aromatic N) is 1. The summed E-state index contributed by atoms with van der Waals surface area (Å²) in [7, 11) is 0. The van der Waals surface area contributed by atoms with Gasteiger partial charge in [-0.05, 0) is 105 Å². The number of furan rings is 1. The van der Waals surface area contributed by atoms with Crippen LogP contribution in [0.5, 0.6) is 11.5 Å². The molecule has 0 radical (unpaired) electrons. The summed E-state index contributed by atoms with van der Waals surface area (Å²) in [5.74, 6) is 1.76. The zero-order valence-corrected chi connectivity index (χ0v) is 39.7. The minimum absolute atomic E-state index is 0.619. The first-order chi connectivity index (χ1) is 35.7. The van der Waals surface area contributed by atoms with E-state index in [9.17, 15) is 0 Å². The van der Waals surface area contributed by atoms with Gasteiger partial charge in [-0.25, -0.2) is 0 Å². The number of ether oxygens (including phenoxy) is 1. The first kappa shape index (κ1) is 40.0. The number of benzene rings is 11. The smallest absolute Gasteiger partial charge is 0.143 e. The van der Waals surface area contributed by atoms with Crippen molar-refractivity contribution in [3.8, 4) is 44.9 Å². The quantitative estimate of drug-likeness (QED) is 0.176. The average Bonchev–Trinajstić information content (AvgIpc) is 4.08. The number of hydrogen-bond acceptors (Lipinski definition) is 4. The van der Waals surface area contributed by atoms with Gasteiger partial charge in [0.05, 0.1) is 22.2 Å². The molecule has 0 saturated heterocycles. The molecule has 2 aliphatic carbocycles. The van der Waals surface area contributed by atoms with Gasteiger partial charge in [0.2, 0.25) is 0 Å². The normalized spacial score (nSPS) is 14.4. The second-order valence-corrected chi connectivity index (χ2v) is 20.4. The van der Waals surface area contributed by atoms with Crippen molar-refractivity contribution in [2.24, 2.45) is 0 Å². The summed E-state index contributed by atoms with van der Waals surface area (Å²) in [5, 5.41) is 2.24. The molecule has 336 valence electrons. The SMILES string of the molecule is c1ccc2c(c1)Oc1ccccc1C21c2ccccc2-c2c(N(c3ccc(-c4cccc5c4oc4ccccc45)cc3)c3cccc4c3C3(c5ccccc5Sc5ccccc53)c3ccccc3-4)cccc21. The van der Waals surface area contributed by atoms with Gasteiger partial charge in [0, 0.05) is 54.1 Å². The molecule has 72 heavy (non-hydrogen) atoms. The molecule has 0 atom stereocenters. The van der Waals surface area contributed by atoms with Gasteiger partial charge < -0.3 is 14.1 Å². The lowest BCUT2D eigenvalue weighted by Crippen LogP contribution is -2.33. The Morgan fingerprint density at radius 1 is 0.347 bits per heavy atom. The van der Waals surface area contributed by atoms with Crippen LogP contribution in [0.4, 0.5) is 17.1 Å². The minimum Gasteiger partial charge on any atom is -0.457 e. The Balaban J connectivity index is 1.01. The third-order valence-corrected chi connectivity index (χ3v) is 17.2. The number of rotatable bonds is 4. The van der Waals surface area contributed by atoms with Gasteiger partial charge in [0.15, 0.2) is 0 Å². The van der Waals surface area contributed by atoms with E-state index in [0.29, 0.717) is 0 Å². The van der Waals surface area contributed by atoms with Crippen molar-refractivity contribution in [3.63, 3.8) is 0 Å². The lowest BCUT2D eigenvalue weighted by Gasteiger charge is -2.42. The summed E-state index contributed by atoms with van der Waals surface area (Å²) in [6.45, 7) is 0. The molecular formula is C68H41NO2S. The van der Waals surface area contributed by atoms with Gasteiger partial charge in [0.1, 0.15) is 22.7 Å². The largest absolute Gasteiger partial charge is 0.457 e. The molecule has 0 N–H and O–H groups in total. The van der Waals surface area contributed by atoms with Crippen LogP contribution in [-0.4, -0.2) is 0 Å². The molecule has 0 unspecified atom stereocenters. The van der Waals surface area contributed by atoms with Gasteiger partial charge in [-0.15, -0.1) is 0 Å². The molecule has 16 rings (SSSR count). The van der Waals surface area contributed by atoms with Crippen molar-refractivity contribution in [2.75, 3.05) is 4.90 Å². The summed E-state index contributed by atoms with van der Waals surface area (Å²) >= 11 is 1.88. The first-order valence-corrected chi connectivity index (χ1v) is 25.6. The zero-order valence-electron chi connectivity index (χ0n) is 38.8. The maximum atomic E-state index is 6.79. The first-order valence-electron chi connectivity index (χ1n) is 24.7. The Morgan fingerprint density at radius 3 is 1.60 bits per heavy atom. The Labute approximate surface area is 421 Å². The number of anilines is 3. The highest BCUT2D eigenvalue weighted by molar-refractivity contribution is 7.99. The maximum absolute atomic E-state index is 6.79. The topological polar surface area (TPSA) is 25.6 Å². The van der Waals surface area contributed by atoms with E-state index in [-0.39, 0.29) is 0 Å². The zero-order chi connectivity index (χ0) is 47.1. The molecule has 11 aromatic carbocycles. The molecule has 0 saturated carbocycles. The molecule has 4 aliphatic rings. The van der Waals surface area contributed by atoms with Crippen molar-refractivity contribution in [3.05, 3.63) is 293 Å². The van der Waals surface area contributed by atoms with Crippen molar-refractivity contribution < 1.29 is 9.15 Å².